The van der Waals surface area contributed by atoms with E-state index in [1.54, 1.807) is 33.0 Å². The fourth-order valence-corrected chi connectivity index (χ4v) is 1.41. The number of Topliss-reactive ketones (excluding diaryl/α,β-unsaturated/α-hetero) is 1. The van der Waals surface area contributed by atoms with Crippen LogP contribution < -0.4 is 5.32 Å². The lowest BCUT2D eigenvalue weighted by Gasteiger charge is -2.19. The van der Waals surface area contributed by atoms with E-state index in [1.165, 1.54) is 13.1 Å². The molecule has 1 rings (SSSR count). The fourth-order valence-electron chi connectivity index (χ4n) is 1.41. The summed E-state index contributed by atoms with van der Waals surface area (Å²) in [5, 5.41) is 2.62. The van der Waals surface area contributed by atoms with E-state index in [1.807, 2.05) is 0 Å². The van der Waals surface area contributed by atoms with Crippen LogP contribution in [0.2, 0.25) is 0 Å². The number of pyridine rings is 1. The number of amides is 1. The average molecular weight is 288 g/mol. The highest BCUT2D eigenvalue weighted by Crippen LogP contribution is 2.06. The molecule has 0 unspecified atom stereocenters. The fraction of sp³-hybridized carbons (Fsp3) is 0.438. The molecule has 5 nitrogen and oxygen atoms in total. The molecule has 0 atom stereocenters. The van der Waals surface area contributed by atoms with Gasteiger partial charge in [0.25, 0.3) is 0 Å². The van der Waals surface area contributed by atoms with Gasteiger partial charge in [0.15, 0.2) is 5.78 Å². The van der Waals surface area contributed by atoms with Gasteiger partial charge in [0.05, 0.1) is 0 Å². The molecule has 0 spiro atoms. The molecule has 5 heteroatoms. The third-order valence-electron chi connectivity index (χ3n) is 2.30. The van der Waals surface area contributed by atoms with Crippen molar-refractivity contribution in [3.63, 3.8) is 0 Å². The van der Waals surface area contributed by atoms with Crippen LogP contribution in [0.4, 0.5) is 4.79 Å². The van der Waals surface area contributed by atoms with Gasteiger partial charge in [0, 0.05) is 36.5 Å². The van der Waals surface area contributed by atoms with E-state index >= 15 is 0 Å². The number of carbonyl (C=O) groups is 2. The second kappa shape index (κ2) is 7.44. The summed E-state index contributed by atoms with van der Waals surface area (Å²) in [6.45, 7) is 7.31. The third-order valence-corrected chi connectivity index (χ3v) is 2.30. The Labute approximate surface area is 125 Å². The van der Waals surface area contributed by atoms with Gasteiger partial charge in [-0.1, -0.05) is 11.8 Å². The van der Waals surface area contributed by atoms with Gasteiger partial charge >= 0.3 is 6.09 Å². The Balaban J connectivity index is 2.42. The van der Waals surface area contributed by atoms with Crippen LogP contribution in [0, 0.1) is 11.8 Å². The number of carbonyl (C=O) groups excluding carboxylic acids is 2. The molecular formula is C16H20N2O3. The van der Waals surface area contributed by atoms with Gasteiger partial charge in [-0.15, -0.1) is 0 Å². The smallest absolute Gasteiger partial charge is 0.407 e. The molecule has 0 saturated carbocycles. The summed E-state index contributed by atoms with van der Waals surface area (Å²) < 4.78 is 5.10. The Morgan fingerprint density at radius 2 is 2.05 bits per heavy atom. The van der Waals surface area contributed by atoms with Crippen molar-refractivity contribution in [3.8, 4) is 11.8 Å². The number of nitrogens with zero attached hydrogens (tertiary/aromatic N) is 1. The number of hydrogen-bond donors (Lipinski definition) is 1. The highest BCUT2D eigenvalue weighted by Gasteiger charge is 2.15. The van der Waals surface area contributed by atoms with Crippen LogP contribution in [0.5, 0.6) is 0 Å². The van der Waals surface area contributed by atoms with E-state index in [9.17, 15) is 9.59 Å². The molecule has 112 valence electrons. The predicted octanol–water partition coefficient (Wildman–Crippen LogP) is 2.55. The molecule has 0 bridgehead atoms. The maximum absolute atomic E-state index is 11.4. The summed E-state index contributed by atoms with van der Waals surface area (Å²) in [7, 11) is 0. The van der Waals surface area contributed by atoms with Crippen LogP contribution in [-0.4, -0.2) is 29.0 Å². The molecule has 0 radical (unpaired) electrons. The zero-order valence-corrected chi connectivity index (χ0v) is 12.8. The summed E-state index contributed by atoms with van der Waals surface area (Å²) in [6.07, 6.45) is 3.14. The average Bonchev–Trinajstić information content (AvgIpc) is 2.36. The number of ether oxygens (including phenoxy) is 1. The standard InChI is InChI=1S/C16H20N2O3/c1-12(19)14-9-13(10-17-11-14)7-5-6-8-18-15(20)21-16(2,3)4/h9-11H,6,8H2,1-4H3,(H,18,20). The molecular weight excluding hydrogens is 268 g/mol. The highest BCUT2D eigenvalue weighted by molar-refractivity contribution is 5.94. The lowest BCUT2D eigenvalue weighted by Crippen LogP contribution is -2.32. The summed E-state index contributed by atoms with van der Waals surface area (Å²) in [6, 6.07) is 1.70. The van der Waals surface area contributed by atoms with Crippen molar-refractivity contribution in [2.45, 2.75) is 39.7 Å². The first-order valence-corrected chi connectivity index (χ1v) is 6.69. The first-order chi connectivity index (χ1) is 9.78. The van der Waals surface area contributed by atoms with E-state index < -0.39 is 11.7 Å². The zero-order valence-electron chi connectivity index (χ0n) is 12.8. The van der Waals surface area contributed by atoms with Crippen LogP contribution in [0.25, 0.3) is 0 Å². The van der Waals surface area contributed by atoms with E-state index in [4.69, 9.17) is 4.74 Å². The van der Waals surface area contributed by atoms with Crippen molar-refractivity contribution in [3.05, 3.63) is 29.6 Å². The molecule has 1 heterocycles. The monoisotopic (exact) mass is 288 g/mol. The molecule has 0 saturated heterocycles. The molecule has 1 N–H and O–H groups in total. The first-order valence-electron chi connectivity index (χ1n) is 6.69. The molecule has 21 heavy (non-hydrogen) atoms. The van der Waals surface area contributed by atoms with E-state index in [0.29, 0.717) is 24.1 Å². The Morgan fingerprint density at radius 1 is 1.33 bits per heavy atom. The molecule has 0 aliphatic carbocycles. The van der Waals surface area contributed by atoms with Gasteiger partial charge in [-0.2, -0.15) is 0 Å². The molecule has 1 amide bonds. The van der Waals surface area contributed by atoms with Crippen LogP contribution in [0.3, 0.4) is 0 Å². The van der Waals surface area contributed by atoms with Crippen molar-refractivity contribution >= 4 is 11.9 Å². The van der Waals surface area contributed by atoms with Gasteiger partial charge in [0.2, 0.25) is 0 Å². The third kappa shape index (κ3) is 7.11. The topological polar surface area (TPSA) is 68.3 Å². The van der Waals surface area contributed by atoms with Gasteiger partial charge < -0.3 is 10.1 Å². The first kappa shape index (κ1) is 16.7. The minimum atomic E-state index is -0.505. The van der Waals surface area contributed by atoms with Gasteiger partial charge in [-0.3, -0.25) is 9.78 Å². The number of aromatic nitrogens is 1. The SMILES string of the molecule is CC(=O)c1cncc(C#CCCNC(=O)OC(C)(C)C)c1. The van der Waals surface area contributed by atoms with Crippen molar-refractivity contribution in [1.82, 2.24) is 10.3 Å². The minimum absolute atomic E-state index is 0.0438. The minimum Gasteiger partial charge on any atom is -0.444 e. The van der Waals surface area contributed by atoms with Gasteiger partial charge in [0.1, 0.15) is 5.60 Å². The lowest BCUT2D eigenvalue weighted by molar-refractivity contribution is 0.0529. The zero-order chi connectivity index (χ0) is 15.9. The lowest BCUT2D eigenvalue weighted by atomic mass is 10.1. The number of rotatable bonds is 3. The van der Waals surface area contributed by atoms with Gasteiger partial charge in [-0.25, -0.2) is 4.79 Å². The molecule has 1 aromatic heterocycles. The second-order valence-corrected chi connectivity index (χ2v) is 5.50. The maximum atomic E-state index is 11.4. The Kier molecular flexibility index (Phi) is 5.92. The quantitative estimate of drug-likeness (QED) is 0.527. The van der Waals surface area contributed by atoms with E-state index in [2.05, 4.69) is 22.1 Å². The van der Waals surface area contributed by atoms with Crippen molar-refractivity contribution < 1.29 is 14.3 Å². The Bertz CT molecular complexity index is 577. The summed E-state index contributed by atoms with van der Waals surface area (Å²) >= 11 is 0. The van der Waals surface area contributed by atoms with Crippen LogP contribution in [0.15, 0.2) is 18.5 Å². The Morgan fingerprint density at radius 3 is 2.67 bits per heavy atom. The molecule has 1 aromatic rings. The Hall–Kier alpha value is -2.35. The van der Waals surface area contributed by atoms with E-state index in [0.717, 1.165) is 0 Å². The molecule has 0 aliphatic rings. The number of hydrogen-bond acceptors (Lipinski definition) is 4. The van der Waals surface area contributed by atoms with Crippen LogP contribution in [0.1, 0.15) is 50.0 Å². The predicted molar refractivity (Wildman–Crippen MR) is 80.0 cm³/mol. The van der Waals surface area contributed by atoms with Gasteiger partial charge in [-0.05, 0) is 33.8 Å². The van der Waals surface area contributed by atoms with Crippen molar-refractivity contribution in [2.24, 2.45) is 0 Å². The van der Waals surface area contributed by atoms with Crippen molar-refractivity contribution in [1.29, 1.82) is 0 Å². The summed E-state index contributed by atoms with van der Waals surface area (Å²) in [5.74, 6) is 5.78. The molecule has 0 fully saturated rings. The van der Waals surface area contributed by atoms with E-state index in [-0.39, 0.29) is 5.78 Å². The second-order valence-electron chi connectivity index (χ2n) is 5.50. The normalized spacial score (nSPS) is 10.3. The highest BCUT2D eigenvalue weighted by atomic mass is 16.6. The van der Waals surface area contributed by atoms with Crippen molar-refractivity contribution in [2.75, 3.05) is 6.54 Å². The summed E-state index contributed by atoms with van der Waals surface area (Å²) in [5.41, 5.74) is 0.711. The summed E-state index contributed by atoms with van der Waals surface area (Å²) in [4.78, 5) is 26.6. The molecule has 0 aromatic carbocycles. The molecule has 0 aliphatic heterocycles. The number of alkyl carbamates (subject to hydrolysis) is 1. The van der Waals surface area contributed by atoms with Crippen LogP contribution >= 0.6 is 0 Å². The number of nitrogens with one attached hydrogen (secondary N) is 1. The van der Waals surface area contributed by atoms with Crippen LogP contribution in [-0.2, 0) is 4.74 Å². The maximum Gasteiger partial charge on any atom is 0.407 e. The number of ketones is 1. The largest absolute Gasteiger partial charge is 0.444 e.